The van der Waals surface area contributed by atoms with Crippen LogP contribution in [0, 0.1) is 0 Å². The van der Waals surface area contributed by atoms with Crippen LogP contribution in [0.1, 0.15) is 18.4 Å². The normalized spacial score (nSPS) is 16.0. The molecule has 1 fully saturated rings. The van der Waals surface area contributed by atoms with Crippen molar-refractivity contribution in [1.82, 2.24) is 5.32 Å². The number of furan rings is 1. The number of phenols is 1. The van der Waals surface area contributed by atoms with Crippen LogP contribution in [0.25, 0.3) is 11.0 Å². The molecule has 1 aliphatic rings. The molecule has 0 spiro atoms. The van der Waals surface area contributed by atoms with E-state index in [1.807, 2.05) is 12.1 Å². The van der Waals surface area contributed by atoms with Crippen molar-refractivity contribution in [3.8, 4) is 5.75 Å². The molecule has 1 aliphatic carbocycles. The number of fused-ring (bicyclic) bond motifs is 1. The number of rotatable bonds is 3. The largest absolute Gasteiger partial charge is 0.504 e. The summed E-state index contributed by atoms with van der Waals surface area (Å²) >= 11 is 0. The van der Waals surface area contributed by atoms with Gasteiger partial charge in [0.05, 0.1) is 6.26 Å². The third-order valence-corrected chi connectivity index (χ3v) is 2.82. The van der Waals surface area contributed by atoms with Crippen molar-refractivity contribution in [1.29, 1.82) is 0 Å². The Morgan fingerprint density at radius 1 is 1.40 bits per heavy atom. The zero-order chi connectivity index (χ0) is 10.3. The SMILES string of the molecule is Oc1cccc2c(CNC3CC3)coc12. The minimum Gasteiger partial charge on any atom is -0.504 e. The Balaban J connectivity index is 1.92. The summed E-state index contributed by atoms with van der Waals surface area (Å²) in [4.78, 5) is 0. The van der Waals surface area contributed by atoms with E-state index in [1.54, 1.807) is 12.3 Å². The lowest BCUT2D eigenvalue weighted by Gasteiger charge is -1.99. The van der Waals surface area contributed by atoms with Gasteiger partial charge in [0, 0.05) is 23.5 Å². The van der Waals surface area contributed by atoms with Gasteiger partial charge in [0.2, 0.25) is 0 Å². The highest BCUT2D eigenvalue weighted by Crippen LogP contribution is 2.29. The maximum absolute atomic E-state index is 9.56. The van der Waals surface area contributed by atoms with Gasteiger partial charge in [0.25, 0.3) is 0 Å². The maximum Gasteiger partial charge on any atom is 0.175 e. The zero-order valence-electron chi connectivity index (χ0n) is 8.36. The molecular formula is C12H13NO2. The standard InChI is InChI=1S/C12H13NO2/c14-11-3-1-2-10-8(7-15-12(10)11)6-13-9-4-5-9/h1-3,7,9,13-14H,4-6H2. The van der Waals surface area contributed by atoms with Gasteiger partial charge in [-0.05, 0) is 18.9 Å². The quantitative estimate of drug-likeness (QED) is 0.805. The van der Waals surface area contributed by atoms with E-state index in [9.17, 15) is 5.11 Å². The lowest BCUT2D eigenvalue weighted by atomic mass is 10.1. The van der Waals surface area contributed by atoms with E-state index < -0.39 is 0 Å². The molecule has 3 nitrogen and oxygen atoms in total. The van der Waals surface area contributed by atoms with E-state index in [-0.39, 0.29) is 5.75 Å². The van der Waals surface area contributed by atoms with Gasteiger partial charge >= 0.3 is 0 Å². The van der Waals surface area contributed by atoms with Gasteiger partial charge in [-0.15, -0.1) is 0 Å². The van der Waals surface area contributed by atoms with Crippen LogP contribution >= 0.6 is 0 Å². The van der Waals surface area contributed by atoms with E-state index >= 15 is 0 Å². The van der Waals surface area contributed by atoms with Crippen LogP contribution in [-0.2, 0) is 6.54 Å². The smallest absolute Gasteiger partial charge is 0.175 e. The molecular weight excluding hydrogens is 190 g/mol. The summed E-state index contributed by atoms with van der Waals surface area (Å²) in [5.41, 5.74) is 1.71. The number of hydrogen-bond acceptors (Lipinski definition) is 3. The molecule has 0 bridgehead atoms. The summed E-state index contributed by atoms with van der Waals surface area (Å²) in [6.07, 6.45) is 4.28. The first-order valence-electron chi connectivity index (χ1n) is 5.26. The van der Waals surface area contributed by atoms with E-state index in [1.165, 1.54) is 12.8 Å². The molecule has 3 heteroatoms. The van der Waals surface area contributed by atoms with E-state index in [0.717, 1.165) is 17.5 Å². The Morgan fingerprint density at radius 3 is 3.07 bits per heavy atom. The van der Waals surface area contributed by atoms with E-state index in [2.05, 4.69) is 5.32 Å². The monoisotopic (exact) mass is 203 g/mol. The van der Waals surface area contributed by atoms with Gasteiger partial charge in [-0.25, -0.2) is 0 Å². The molecule has 2 N–H and O–H groups in total. The van der Waals surface area contributed by atoms with E-state index in [0.29, 0.717) is 11.6 Å². The first-order chi connectivity index (χ1) is 7.34. The fraction of sp³-hybridized carbons (Fsp3) is 0.333. The second-order valence-electron chi connectivity index (χ2n) is 4.07. The highest BCUT2D eigenvalue weighted by Gasteiger charge is 2.20. The maximum atomic E-state index is 9.56. The second-order valence-corrected chi connectivity index (χ2v) is 4.07. The van der Waals surface area contributed by atoms with Gasteiger partial charge in [0.1, 0.15) is 0 Å². The predicted octanol–water partition coefficient (Wildman–Crippen LogP) is 2.39. The summed E-state index contributed by atoms with van der Waals surface area (Å²) in [6.45, 7) is 0.821. The lowest BCUT2D eigenvalue weighted by molar-refractivity contribution is 0.464. The Morgan fingerprint density at radius 2 is 2.27 bits per heavy atom. The van der Waals surface area contributed by atoms with Crippen molar-refractivity contribution in [2.75, 3.05) is 0 Å². The molecule has 1 saturated carbocycles. The molecule has 0 aliphatic heterocycles. The minimum atomic E-state index is 0.213. The number of phenolic OH excluding ortho intramolecular Hbond substituents is 1. The average Bonchev–Trinajstić information content (AvgIpc) is 2.97. The third kappa shape index (κ3) is 1.59. The lowest BCUT2D eigenvalue weighted by Crippen LogP contribution is -2.14. The van der Waals surface area contributed by atoms with Crippen LogP contribution in [0.2, 0.25) is 0 Å². The Bertz CT molecular complexity index is 485. The molecule has 2 aromatic rings. The molecule has 1 aromatic carbocycles. The number of benzene rings is 1. The first kappa shape index (κ1) is 8.80. The van der Waals surface area contributed by atoms with Gasteiger partial charge < -0.3 is 14.8 Å². The molecule has 3 rings (SSSR count). The molecule has 0 atom stereocenters. The van der Waals surface area contributed by atoms with Crippen LogP contribution in [-0.4, -0.2) is 11.1 Å². The molecule has 0 unspecified atom stereocenters. The van der Waals surface area contributed by atoms with E-state index in [4.69, 9.17) is 4.42 Å². The van der Waals surface area contributed by atoms with Crippen molar-refractivity contribution in [2.24, 2.45) is 0 Å². The molecule has 1 aromatic heterocycles. The molecule has 0 saturated heterocycles. The number of hydrogen-bond donors (Lipinski definition) is 2. The van der Waals surface area contributed by atoms with Crippen molar-refractivity contribution in [2.45, 2.75) is 25.4 Å². The summed E-state index contributed by atoms with van der Waals surface area (Å²) in [6, 6.07) is 6.15. The molecule has 78 valence electrons. The summed E-state index contributed by atoms with van der Waals surface area (Å²) in [5.74, 6) is 0.213. The highest BCUT2D eigenvalue weighted by atomic mass is 16.3. The number of nitrogens with one attached hydrogen (secondary N) is 1. The van der Waals surface area contributed by atoms with Gasteiger partial charge in [-0.2, -0.15) is 0 Å². The highest BCUT2D eigenvalue weighted by molar-refractivity contribution is 5.85. The van der Waals surface area contributed by atoms with Crippen LogP contribution < -0.4 is 5.32 Å². The van der Waals surface area contributed by atoms with Crippen molar-refractivity contribution >= 4 is 11.0 Å². The van der Waals surface area contributed by atoms with Crippen molar-refractivity contribution < 1.29 is 9.52 Å². The molecule has 1 heterocycles. The molecule has 0 radical (unpaired) electrons. The summed E-state index contributed by atoms with van der Waals surface area (Å²) in [5, 5.41) is 14.0. The van der Waals surface area contributed by atoms with Crippen molar-refractivity contribution in [3.63, 3.8) is 0 Å². The van der Waals surface area contributed by atoms with Gasteiger partial charge in [-0.3, -0.25) is 0 Å². The number of aromatic hydroxyl groups is 1. The summed E-state index contributed by atoms with van der Waals surface area (Å²) < 4.78 is 5.34. The van der Waals surface area contributed by atoms with Gasteiger partial charge in [-0.1, -0.05) is 12.1 Å². The topological polar surface area (TPSA) is 45.4 Å². The van der Waals surface area contributed by atoms with Crippen LogP contribution in [0.4, 0.5) is 0 Å². The fourth-order valence-corrected chi connectivity index (χ4v) is 1.77. The van der Waals surface area contributed by atoms with Crippen molar-refractivity contribution in [3.05, 3.63) is 30.0 Å². The van der Waals surface area contributed by atoms with Crippen LogP contribution in [0.5, 0.6) is 5.75 Å². The first-order valence-corrected chi connectivity index (χ1v) is 5.26. The van der Waals surface area contributed by atoms with Crippen LogP contribution in [0.15, 0.2) is 28.9 Å². The molecule has 0 amide bonds. The fourth-order valence-electron chi connectivity index (χ4n) is 1.77. The zero-order valence-corrected chi connectivity index (χ0v) is 8.36. The Kier molecular flexibility index (Phi) is 1.92. The minimum absolute atomic E-state index is 0.213. The average molecular weight is 203 g/mol. The third-order valence-electron chi connectivity index (χ3n) is 2.82. The summed E-state index contributed by atoms with van der Waals surface area (Å²) in [7, 11) is 0. The van der Waals surface area contributed by atoms with Crippen LogP contribution in [0.3, 0.4) is 0 Å². The Hall–Kier alpha value is -1.48. The Labute approximate surface area is 87.7 Å². The molecule has 15 heavy (non-hydrogen) atoms. The second kappa shape index (κ2) is 3.28. The predicted molar refractivity (Wildman–Crippen MR) is 57.7 cm³/mol. The number of para-hydroxylation sites is 1. The van der Waals surface area contributed by atoms with Gasteiger partial charge in [0.15, 0.2) is 11.3 Å².